The first-order valence-electron chi connectivity index (χ1n) is 8.12. The van der Waals surface area contributed by atoms with Crippen LogP contribution in [-0.4, -0.2) is 37.2 Å². The fourth-order valence-corrected chi connectivity index (χ4v) is 3.91. The normalized spacial score (nSPS) is 20.1. The van der Waals surface area contributed by atoms with Crippen LogP contribution in [0.3, 0.4) is 0 Å². The Morgan fingerprint density at radius 1 is 1.29 bits per heavy atom. The predicted molar refractivity (Wildman–Crippen MR) is 89.9 cm³/mol. The minimum Gasteiger partial charge on any atom is -0.493 e. The number of piperidine rings is 1. The highest BCUT2D eigenvalue weighted by atomic mass is 79.9. The van der Waals surface area contributed by atoms with Crippen LogP contribution in [-0.2, 0) is 13.0 Å². The third-order valence-electron chi connectivity index (χ3n) is 4.45. The number of halogens is 1. The van der Waals surface area contributed by atoms with Crippen LogP contribution in [0.5, 0.6) is 5.75 Å². The molecule has 0 aromatic heterocycles. The Hall–Kier alpha value is -0.580. The molecular formula is C17H25BrN2O. The molecule has 116 valence electrons. The number of benzene rings is 1. The Balaban J connectivity index is 1.55. The van der Waals surface area contributed by atoms with Gasteiger partial charge in [0.2, 0.25) is 0 Å². The standard InChI is InChI=1S/C17H25BrN2O/c1-13(12-20-6-3-2-4-7-20)19-11-15-10-16(18)9-14-5-8-21-17(14)15/h9-10,13,19H,2-8,11-12H2,1H3. The smallest absolute Gasteiger partial charge is 0.127 e. The molecule has 1 atom stereocenters. The second-order valence-corrected chi connectivity index (χ2v) is 7.21. The van der Waals surface area contributed by atoms with Crippen molar-refractivity contribution in [2.75, 3.05) is 26.2 Å². The molecule has 0 amide bonds. The van der Waals surface area contributed by atoms with Crippen LogP contribution in [0.1, 0.15) is 37.3 Å². The fourth-order valence-electron chi connectivity index (χ4n) is 3.36. The van der Waals surface area contributed by atoms with E-state index >= 15 is 0 Å². The van der Waals surface area contributed by atoms with Gasteiger partial charge in [-0.05, 0) is 50.6 Å². The molecule has 4 heteroatoms. The first-order valence-corrected chi connectivity index (χ1v) is 8.91. The lowest BCUT2D eigenvalue weighted by Crippen LogP contribution is -2.41. The molecule has 2 heterocycles. The second-order valence-electron chi connectivity index (χ2n) is 6.29. The van der Waals surface area contributed by atoms with Crippen molar-refractivity contribution in [3.63, 3.8) is 0 Å². The van der Waals surface area contributed by atoms with Crippen molar-refractivity contribution < 1.29 is 4.74 Å². The Bertz CT molecular complexity index is 486. The van der Waals surface area contributed by atoms with E-state index in [0.717, 1.165) is 36.3 Å². The summed E-state index contributed by atoms with van der Waals surface area (Å²) in [5, 5.41) is 3.66. The number of nitrogens with one attached hydrogen (secondary N) is 1. The monoisotopic (exact) mass is 352 g/mol. The van der Waals surface area contributed by atoms with Gasteiger partial charge in [0.15, 0.2) is 0 Å². The molecule has 0 spiro atoms. The van der Waals surface area contributed by atoms with Gasteiger partial charge in [-0.1, -0.05) is 22.4 Å². The number of likely N-dealkylation sites (tertiary alicyclic amines) is 1. The van der Waals surface area contributed by atoms with Crippen LogP contribution in [0.15, 0.2) is 16.6 Å². The average Bonchev–Trinajstić information content (AvgIpc) is 2.94. The molecule has 1 aromatic carbocycles. The minimum atomic E-state index is 0.513. The second kappa shape index (κ2) is 7.12. The van der Waals surface area contributed by atoms with Crippen molar-refractivity contribution in [3.05, 3.63) is 27.7 Å². The molecule has 1 fully saturated rings. The average molecular weight is 353 g/mol. The molecule has 1 saturated heterocycles. The van der Waals surface area contributed by atoms with Gasteiger partial charge in [-0.3, -0.25) is 0 Å². The number of nitrogens with zero attached hydrogens (tertiary/aromatic N) is 1. The summed E-state index contributed by atoms with van der Waals surface area (Å²) in [7, 11) is 0. The van der Waals surface area contributed by atoms with Crippen LogP contribution in [0, 0.1) is 0 Å². The number of ether oxygens (including phenoxy) is 1. The zero-order valence-electron chi connectivity index (χ0n) is 12.8. The predicted octanol–water partition coefficient (Wildman–Crippen LogP) is 3.35. The largest absolute Gasteiger partial charge is 0.493 e. The first-order chi connectivity index (χ1) is 10.2. The Morgan fingerprint density at radius 3 is 2.90 bits per heavy atom. The maximum absolute atomic E-state index is 5.80. The quantitative estimate of drug-likeness (QED) is 0.879. The summed E-state index contributed by atoms with van der Waals surface area (Å²) in [6.45, 7) is 7.67. The number of hydrogen-bond acceptors (Lipinski definition) is 3. The topological polar surface area (TPSA) is 24.5 Å². The maximum Gasteiger partial charge on any atom is 0.127 e. The highest BCUT2D eigenvalue weighted by Crippen LogP contribution is 2.32. The number of rotatable bonds is 5. The van der Waals surface area contributed by atoms with E-state index in [2.05, 4.69) is 45.2 Å². The lowest BCUT2D eigenvalue weighted by atomic mass is 10.1. The molecule has 0 radical (unpaired) electrons. The molecule has 2 aliphatic heterocycles. The molecular weight excluding hydrogens is 328 g/mol. The lowest BCUT2D eigenvalue weighted by Gasteiger charge is -2.29. The Morgan fingerprint density at radius 2 is 2.10 bits per heavy atom. The van der Waals surface area contributed by atoms with Crippen molar-refractivity contribution in [3.8, 4) is 5.75 Å². The van der Waals surface area contributed by atoms with Gasteiger partial charge in [-0.2, -0.15) is 0 Å². The molecule has 3 rings (SSSR count). The molecule has 1 N–H and O–H groups in total. The molecule has 0 aliphatic carbocycles. The number of hydrogen-bond donors (Lipinski definition) is 1. The van der Waals surface area contributed by atoms with Crippen LogP contribution in [0.25, 0.3) is 0 Å². The Kier molecular flexibility index (Phi) is 5.19. The van der Waals surface area contributed by atoms with Crippen LogP contribution in [0.2, 0.25) is 0 Å². The Labute approximate surface area is 136 Å². The summed E-state index contributed by atoms with van der Waals surface area (Å²) in [6, 6.07) is 4.88. The van der Waals surface area contributed by atoms with E-state index in [-0.39, 0.29) is 0 Å². The summed E-state index contributed by atoms with van der Waals surface area (Å²) in [6.07, 6.45) is 5.16. The summed E-state index contributed by atoms with van der Waals surface area (Å²) >= 11 is 3.61. The van der Waals surface area contributed by atoms with Crippen molar-refractivity contribution >= 4 is 15.9 Å². The SMILES string of the molecule is CC(CN1CCCCC1)NCc1cc(Br)cc2c1OCC2. The molecule has 2 aliphatic rings. The van der Waals surface area contributed by atoms with Crippen molar-refractivity contribution in [1.82, 2.24) is 10.2 Å². The van der Waals surface area contributed by atoms with Gasteiger partial charge in [0.25, 0.3) is 0 Å². The van der Waals surface area contributed by atoms with Crippen LogP contribution < -0.4 is 10.1 Å². The van der Waals surface area contributed by atoms with Crippen LogP contribution in [0.4, 0.5) is 0 Å². The molecule has 3 nitrogen and oxygen atoms in total. The van der Waals surface area contributed by atoms with Gasteiger partial charge in [0.05, 0.1) is 6.61 Å². The van der Waals surface area contributed by atoms with E-state index in [1.165, 1.54) is 43.5 Å². The minimum absolute atomic E-state index is 0.513. The van der Waals surface area contributed by atoms with E-state index < -0.39 is 0 Å². The molecule has 21 heavy (non-hydrogen) atoms. The van der Waals surface area contributed by atoms with E-state index in [4.69, 9.17) is 4.74 Å². The highest BCUT2D eigenvalue weighted by Gasteiger charge is 2.18. The van der Waals surface area contributed by atoms with Gasteiger partial charge in [-0.25, -0.2) is 0 Å². The van der Waals surface area contributed by atoms with Gasteiger partial charge < -0.3 is 15.0 Å². The molecule has 0 bridgehead atoms. The van der Waals surface area contributed by atoms with Gasteiger partial charge in [0, 0.05) is 35.6 Å². The summed E-state index contributed by atoms with van der Waals surface area (Å²) in [5.41, 5.74) is 2.62. The van der Waals surface area contributed by atoms with Crippen LogP contribution >= 0.6 is 15.9 Å². The molecule has 1 unspecified atom stereocenters. The molecule has 0 saturated carbocycles. The zero-order chi connectivity index (χ0) is 14.7. The summed E-state index contributed by atoms with van der Waals surface area (Å²) in [4.78, 5) is 2.59. The lowest BCUT2D eigenvalue weighted by molar-refractivity contribution is 0.208. The summed E-state index contributed by atoms with van der Waals surface area (Å²) < 4.78 is 6.96. The number of fused-ring (bicyclic) bond motifs is 1. The maximum atomic E-state index is 5.80. The van der Waals surface area contributed by atoms with Gasteiger partial charge >= 0.3 is 0 Å². The fraction of sp³-hybridized carbons (Fsp3) is 0.647. The van der Waals surface area contributed by atoms with E-state index in [0.29, 0.717) is 6.04 Å². The van der Waals surface area contributed by atoms with Gasteiger partial charge in [-0.15, -0.1) is 0 Å². The summed E-state index contributed by atoms with van der Waals surface area (Å²) in [5.74, 6) is 1.11. The molecule has 1 aromatic rings. The van der Waals surface area contributed by atoms with E-state index in [1.54, 1.807) is 0 Å². The first kappa shape index (κ1) is 15.3. The van der Waals surface area contributed by atoms with Crippen molar-refractivity contribution in [1.29, 1.82) is 0 Å². The van der Waals surface area contributed by atoms with Gasteiger partial charge in [0.1, 0.15) is 5.75 Å². The van der Waals surface area contributed by atoms with E-state index in [9.17, 15) is 0 Å². The third kappa shape index (κ3) is 3.99. The highest BCUT2D eigenvalue weighted by molar-refractivity contribution is 9.10. The zero-order valence-corrected chi connectivity index (χ0v) is 14.4. The third-order valence-corrected chi connectivity index (χ3v) is 4.90. The van der Waals surface area contributed by atoms with Crippen molar-refractivity contribution in [2.24, 2.45) is 0 Å². The van der Waals surface area contributed by atoms with Crippen molar-refractivity contribution in [2.45, 2.75) is 45.2 Å². The van der Waals surface area contributed by atoms with E-state index in [1.807, 2.05) is 0 Å².